The van der Waals surface area contributed by atoms with Crippen LogP contribution in [0.2, 0.25) is 0 Å². The summed E-state index contributed by atoms with van der Waals surface area (Å²) in [6.07, 6.45) is 2.57. The molecule has 0 bridgehead atoms. The Balaban J connectivity index is 2.29. The molecule has 1 aromatic carbocycles. The molecule has 1 N–H and O–H groups in total. The fourth-order valence-electron chi connectivity index (χ4n) is 2.19. The van der Waals surface area contributed by atoms with Crippen molar-refractivity contribution in [3.63, 3.8) is 0 Å². The van der Waals surface area contributed by atoms with Crippen LogP contribution in [0.5, 0.6) is 0 Å². The predicted octanol–water partition coefficient (Wildman–Crippen LogP) is 4.44. The van der Waals surface area contributed by atoms with Gasteiger partial charge in [-0.15, -0.1) is 0 Å². The first-order chi connectivity index (χ1) is 8.44. The number of carbonyl (C=O) groups is 1. The van der Waals surface area contributed by atoms with E-state index in [-0.39, 0.29) is 11.3 Å². The Labute approximate surface area is 117 Å². The van der Waals surface area contributed by atoms with Crippen LogP contribution in [0, 0.1) is 5.41 Å². The van der Waals surface area contributed by atoms with Gasteiger partial charge in [0.25, 0.3) is 0 Å². The summed E-state index contributed by atoms with van der Waals surface area (Å²) in [5.41, 5.74) is 3.76. The zero-order valence-corrected chi connectivity index (χ0v) is 12.8. The first kappa shape index (κ1) is 13.6. The van der Waals surface area contributed by atoms with Gasteiger partial charge in [0, 0.05) is 16.9 Å². The molecule has 98 valence electrons. The first-order valence-corrected chi connectivity index (χ1v) is 7.42. The summed E-state index contributed by atoms with van der Waals surface area (Å²) in [6.45, 7) is 6.76. The lowest BCUT2D eigenvalue weighted by Gasteiger charge is -2.30. The van der Waals surface area contributed by atoms with Crippen LogP contribution in [0.4, 0.5) is 5.69 Å². The van der Waals surface area contributed by atoms with Gasteiger partial charge in [-0.3, -0.25) is 4.79 Å². The van der Waals surface area contributed by atoms with Crippen LogP contribution < -0.4 is 5.32 Å². The lowest BCUT2D eigenvalue weighted by molar-refractivity contribution is -0.116. The molecule has 18 heavy (non-hydrogen) atoms. The van der Waals surface area contributed by atoms with E-state index < -0.39 is 0 Å². The number of carbonyl (C=O) groups excluding carboxylic acids is 1. The zero-order valence-electron chi connectivity index (χ0n) is 11.2. The maximum atomic E-state index is 11.3. The monoisotopic (exact) mass is 309 g/mol. The van der Waals surface area contributed by atoms with Crippen molar-refractivity contribution in [2.24, 2.45) is 5.41 Å². The molecule has 2 rings (SSSR count). The van der Waals surface area contributed by atoms with Crippen molar-refractivity contribution in [2.45, 2.75) is 44.9 Å². The van der Waals surface area contributed by atoms with Gasteiger partial charge >= 0.3 is 0 Å². The van der Waals surface area contributed by atoms with Crippen LogP contribution in [0.15, 0.2) is 18.2 Å². The third kappa shape index (κ3) is 2.61. The number of anilines is 1. The Morgan fingerprint density at radius 1 is 1.39 bits per heavy atom. The van der Waals surface area contributed by atoms with Gasteiger partial charge in [-0.1, -0.05) is 48.8 Å². The van der Waals surface area contributed by atoms with E-state index in [4.69, 9.17) is 0 Å². The molecule has 0 saturated heterocycles. The van der Waals surface area contributed by atoms with E-state index in [0.29, 0.717) is 11.2 Å². The number of aryl methyl sites for hydroxylation is 1. The molecule has 0 spiro atoms. The molecule has 2 nitrogen and oxygen atoms in total. The van der Waals surface area contributed by atoms with Gasteiger partial charge < -0.3 is 5.32 Å². The van der Waals surface area contributed by atoms with Gasteiger partial charge in [-0.2, -0.15) is 0 Å². The Morgan fingerprint density at radius 2 is 2.11 bits per heavy atom. The maximum Gasteiger partial charge on any atom is 0.224 e. The standard InChI is InChI=1S/C15H20BrNO/c1-4-15(2,3)14(16)11-5-7-12-10(9-11)6-8-13(18)17-12/h5,7,9,14H,4,6,8H2,1-3H3,(H,17,18). The van der Waals surface area contributed by atoms with Crippen molar-refractivity contribution in [3.8, 4) is 0 Å². The highest BCUT2D eigenvalue weighted by atomic mass is 79.9. The molecule has 1 aromatic rings. The van der Waals surface area contributed by atoms with Gasteiger partial charge in [0.15, 0.2) is 0 Å². The number of benzene rings is 1. The number of halogens is 1. The Bertz CT molecular complexity index is 468. The minimum Gasteiger partial charge on any atom is -0.326 e. The number of nitrogens with one attached hydrogen (secondary N) is 1. The van der Waals surface area contributed by atoms with E-state index >= 15 is 0 Å². The van der Waals surface area contributed by atoms with Crippen molar-refractivity contribution in [3.05, 3.63) is 29.3 Å². The minimum absolute atomic E-state index is 0.125. The Morgan fingerprint density at radius 3 is 2.78 bits per heavy atom. The van der Waals surface area contributed by atoms with Gasteiger partial charge in [-0.25, -0.2) is 0 Å². The van der Waals surface area contributed by atoms with Crippen molar-refractivity contribution in [1.29, 1.82) is 0 Å². The minimum atomic E-state index is 0.125. The molecule has 0 aromatic heterocycles. The number of rotatable bonds is 3. The van der Waals surface area contributed by atoms with Gasteiger partial charge in [-0.05, 0) is 35.4 Å². The molecular weight excluding hydrogens is 290 g/mol. The fourth-order valence-corrected chi connectivity index (χ4v) is 2.80. The van der Waals surface area contributed by atoms with E-state index in [2.05, 4.69) is 54.2 Å². The zero-order chi connectivity index (χ0) is 13.3. The highest BCUT2D eigenvalue weighted by Crippen LogP contribution is 2.43. The lowest BCUT2D eigenvalue weighted by Crippen LogP contribution is -2.20. The van der Waals surface area contributed by atoms with Crippen molar-refractivity contribution >= 4 is 27.5 Å². The summed E-state index contributed by atoms with van der Waals surface area (Å²) in [7, 11) is 0. The SMILES string of the molecule is CCC(C)(C)C(Br)c1ccc2c(c1)CCC(=O)N2. The summed E-state index contributed by atoms with van der Waals surface area (Å²) in [5, 5.41) is 2.92. The summed E-state index contributed by atoms with van der Waals surface area (Å²) in [5.74, 6) is 0.125. The molecular formula is C15H20BrNO. The average molecular weight is 310 g/mol. The maximum absolute atomic E-state index is 11.3. The molecule has 1 aliphatic heterocycles. The topological polar surface area (TPSA) is 29.1 Å². The molecule has 0 fully saturated rings. The highest BCUT2D eigenvalue weighted by molar-refractivity contribution is 9.09. The first-order valence-electron chi connectivity index (χ1n) is 6.51. The summed E-state index contributed by atoms with van der Waals surface area (Å²) < 4.78 is 0. The quantitative estimate of drug-likeness (QED) is 0.821. The van der Waals surface area contributed by atoms with Crippen LogP contribution in [-0.4, -0.2) is 5.91 Å². The number of hydrogen-bond donors (Lipinski definition) is 1. The highest BCUT2D eigenvalue weighted by Gasteiger charge is 2.27. The molecule has 3 heteroatoms. The smallest absolute Gasteiger partial charge is 0.224 e. The van der Waals surface area contributed by atoms with E-state index in [1.807, 2.05) is 6.07 Å². The lowest BCUT2D eigenvalue weighted by atomic mass is 9.82. The third-order valence-corrected chi connectivity index (χ3v) is 5.68. The summed E-state index contributed by atoms with van der Waals surface area (Å²) >= 11 is 3.82. The Kier molecular flexibility index (Phi) is 3.81. The summed E-state index contributed by atoms with van der Waals surface area (Å²) in [6, 6.07) is 6.37. The normalized spacial score (nSPS) is 17.0. The number of amides is 1. The molecule has 0 radical (unpaired) electrons. The van der Waals surface area contributed by atoms with Crippen LogP contribution in [0.1, 0.15) is 49.6 Å². The Hall–Kier alpha value is -0.830. The molecule has 1 atom stereocenters. The van der Waals surface area contributed by atoms with Gasteiger partial charge in [0.2, 0.25) is 5.91 Å². The van der Waals surface area contributed by atoms with Crippen molar-refractivity contribution < 1.29 is 4.79 Å². The molecule has 1 amide bonds. The number of alkyl halides is 1. The molecule has 1 aliphatic rings. The molecule has 0 aliphatic carbocycles. The molecule has 0 saturated carbocycles. The van der Waals surface area contributed by atoms with Crippen LogP contribution in [-0.2, 0) is 11.2 Å². The summed E-state index contributed by atoms with van der Waals surface area (Å²) in [4.78, 5) is 11.7. The van der Waals surface area contributed by atoms with E-state index in [1.54, 1.807) is 0 Å². The number of fused-ring (bicyclic) bond motifs is 1. The van der Waals surface area contributed by atoms with Gasteiger partial charge in [0.05, 0.1) is 0 Å². The van der Waals surface area contributed by atoms with Crippen LogP contribution in [0.25, 0.3) is 0 Å². The van der Waals surface area contributed by atoms with Crippen LogP contribution in [0.3, 0.4) is 0 Å². The van der Waals surface area contributed by atoms with Crippen molar-refractivity contribution in [1.82, 2.24) is 0 Å². The van der Waals surface area contributed by atoms with E-state index in [0.717, 1.165) is 18.5 Å². The second-order valence-electron chi connectivity index (χ2n) is 5.67. The van der Waals surface area contributed by atoms with E-state index in [1.165, 1.54) is 11.1 Å². The van der Waals surface area contributed by atoms with Crippen molar-refractivity contribution in [2.75, 3.05) is 5.32 Å². The second-order valence-corrected chi connectivity index (χ2v) is 6.59. The fraction of sp³-hybridized carbons (Fsp3) is 0.533. The average Bonchev–Trinajstić information content (AvgIpc) is 2.37. The largest absolute Gasteiger partial charge is 0.326 e. The van der Waals surface area contributed by atoms with Gasteiger partial charge in [0.1, 0.15) is 0 Å². The van der Waals surface area contributed by atoms with Crippen LogP contribution >= 0.6 is 15.9 Å². The van der Waals surface area contributed by atoms with E-state index in [9.17, 15) is 4.79 Å². The molecule has 1 unspecified atom stereocenters. The predicted molar refractivity (Wildman–Crippen MR) is 79.1 cm³/mol. The second kappa shape index (κ2) is 5.04. The number of hydrogen-bond acceptors (Lipinski definition) is 1. The molecule has 1 heterocycles. The third-order valence-electron chi connectivity index (χ3n) is 3.91.